The van der Waals surface area contributed by atoms with Gasteiger partial charge in [-0.05, 0) is 78.4 Å². The number of para-hydroxylation sites is 2. The van der Waals surface area contributed by atoms with Gasteiger partial charge in [0.25, 0.3) is 0 Å². The number of fused-ring (bicyclic) bond motifs is 12. The molecule has 6 heteroatoms. The van der Waals surface area contributed by atoms with E-state index >= 15 is 0 Å². The van der Waals surface area contributed by atoms with E-state index in [-0.39, 0.29) is 17.9 Å². The molecule has 4 aromatic heterocycles. The molecule has 2 aliphatic carbocycles. The molecule has 0 bridgehead atoms. The third-order valence-electron chi connectivity index (χ3n) is 12.6. The lowest BCUT2D eigenvalue weighted by molar-refractivity contribution is 0.206. The fourth-order valence-corrected chi connectivity index (χ4v) is 9.75. The topological polar surface area (TPSA) is 74.4 Å². The first-order valence-corrected chi connectivity index (χ1v) is 20.1. The number of furan rings is 3. The zero-order valence-electron chi connectivity index (χ0n) is 31.3. The van der Waals surface area contributed by atoms with E-state index in [0.717, 1.165) is 107 Å². The van der Waals surface area contributed by atoms with Crippen LogP contribution in [0.1, 0.15) is 47.8 Å². The molecule has 1 aliphatic heterocycles. The first-order valence-electron chi connectivity index (χ1n) is 20.1. The Bertz CT molecular complexity index is 3500. The largest absolute Gasteiger partial charge is 0.489 e. The van der Waals surface area contributed by atoms with E-state index in [1.54, 1.807) is 0 Å². The van der Waals surface area contributed by atoms with E-state index in [4.69, 9.17) is 28.0 Å². The third-order valence-corrected chi connectivity index (χ3v) is 12.6. The molecule has 0 N–H and O–H groups in total. The number of allylic oxidation sites excluding steroid dienone is 1. The van der Waals surface area contributed by atoms with Crippen LogP contribution in [0.5, 0.6) is 5.75 Å². The molecule has 276 valence electrons. The molecule has 6 aromatic carbocycles. The lowest BCUT2D eigenvalue weighted by atomic mass is 9.81. The maximum atomic E-state index is 6.77. The van der Waals surface area contributed by atoms with Gasteiger partial charge >= 0.3 is 0 Å². The fourth-order valence-electron chi connectivity index (χ4n) is 9.75. The van der Waals surface area contributed by atoms with Gasteiger partial charge in [0.05, 0.1) is 0 Å². The molecule has 0 amide bonds. The first kappa shape index (κ1) is 32.0. The minimum absolute atomic E-state index is 0.0519. The standard InChI is InChI=1S/C52H34N2O4/c1-2-9-29(10-3-1)49-51-50(37-22-18-33(28-47(37)58-51)32-17-21-36-34-11-4-6-14-41(34)57-46(36)27-32)54-52(53-49)38-13-8-16-45-48(38)40-26-31(20-24-44(40)56-45)30-19-23-43-39(25-30)35-12-5-7-15-42(35)55-43/h1-17,19,21-23,25-28,33,40,44H,18,20,24H2. The van der Waals surface area contributed by atoms with Crippen LogP contribution in [0.3, 0.4) is 0 Å². The predicted molar refractivity (Wildman–Crippen MR) is 230 cm³/mol. The summed E-state index contributed by atoms with van der Waals surface area (Å²) in [6.07, 6.45) is 9.68. The van der Waals surface area contributed by atoms with Crippen molar-refractivity contribution in [1.82, 2.24) is 9.97 Å². The Labute approximate surface area is 332 Å². The van der Waals surface area contributed by atoms with Crippen LogP contribution >= 0.6 is 0 Å². The summed E-state index contributed by atoms with van der Waals surface area (Å²) in [5.41, 5.74) is 13.6. The zero-order valence-corrected chi connectivity index (χ0v) is 31.3. The van der Waals surface area contributed by atoms with Gasteiger partial charge < -0.3 is 18.0 Å². The van der Waals surface area contributed by atoms with Gasteiger partial charge in [0.15, 0.2) is 11.4 Å². The van der Waals surface area contributed by atoms with Crippen molar-refractivity contribution < 1.29 is 18.0 Å². The van der Waals surface area contributed by atoms with Crippen LogP contribution in [-0.4, -0.2) is 16.1 Å². The van der Waals surface area contributed by atoms with Crippen LogP contribution in [0.25, 0.3) is 95.3 Å². The van der Waals surface area contributed by atoms with Gasteiger partial charge in [-0.3, -0.25) is 0 Å². The van der Waals surface area contributed by atoms with Gasteiger partial charge in [0, 0.05) is 55.3 Å². The van der Waals surface area contributed by atoms with Crippen molar-refractivity contribution in [2.75, 3.05) is 0 Å². The average Bonchev–Trinajstić information content (AvgIpc) is 4.05. The van der Waals surface area contributed by atoms with Gasteiger partial charge in [-0.15, -0.1) is 0 Å². The van der Waals surface area contributed by atoms with Gasteiger partial charge in [-0.25, -0.2) is 9.97 Å². The van der Waals surface area contributed by atoms with Gasteiger partial charge in [0.1, 0.15) is 50.8 Å². The Morgan fingerprint density at radius 2 is 1.36 bits per heavy atom. The molecule has 0 radical (unpaired) electrons. The van der Waals surface area contributed by atoms with Gasteiger partial charge in [-0.2, -0.15) is 0 Å². The quantitative estimate of drug-likeness (QED) is 0.178. The summed E-state index contributed by atoms with van der Waals surface area (Å²) in [6.45, 7) is 0. The Balaban J connectivity index is 0.938. The van der Waals surface area contributed by atoms with Crippen LogP contribution in [0.15, 0.2) is 153 Å². The summed E-state index contributed by atoms with van der Waals surface area (Å²) in [5.74, 6) is 1.78. The minimum atomic E-state index is 0.0519. The summed E-state index contributed by atoms with van der Waals surface area (Å²) in [6, 6.07) is 46.3. The normalized spacial score (nSPS) is 18.5. The van der Waals surface area contributed by atoms with Crippen LogP contribution in [0.4, 0.5) is 0 Å². The number of hydrogen-bond donors (Lipinski definition) is 0. The Hall–Kier alpha value is -7.18. The highest BCUT2D eigenvalue weighted by Crippen LogP contribution is 2.50. The number of aromatic nitrogens is 2. The van der Waals surface area contributed by atoms with Crippen molar-refractivity contribution in [1.29, 1.82) is 0 Å². The van der Waals surface area contributed by atoms with Crippen molar-refractivity contribution in [2.24, 2.45) is 0 Å². The molecule has 3 aliphatic rings. The molecule has 13 rings (SSSR count). The van der Waals surface area contributed by atoms with Crippen molar-refractivity contribution in [3.05, 3.63) is 167 Å². The second-order valence-electron chi connectivity index (χ2n) is 15.8. The lowest BCUT2D eigenvalue weighted by Crippen LogP contribution is -2.25. The van der Waals surface area contributed by atoms with Crippen LogP contribution in [0, 0.1) is 0 Å². The van der Waals surface area contributed by atoms with E-state index < -0.39 is 0 Å². The highest BCUT2D eigenvalue weighted by atomic mass is 16.5. The molecule has 0 saturated heterocycles. The maximum absolute atomic E-state index is 6.77. The number of nitrogens with zero attached hydrogens (tertiary/aromatic N) is 2. The molecular weight excluding hydrogens is 717 g/mol. The summed E-state index contributed by atoms with van der Waals surface area (Å²) in [4.78, 5) is 10.7. The fraction of sp³-hybridized carbons (Fsp3) is 0.115. The summed E-state index contributed by atoms with van der Waals surface area (Å²) in [5, 5.41) is 5.57. The summed E-state index contributed by atoms with van der Waals surface area (Å²) < 4.78 is 25.9. The van der Waals surface area contributed by atoms with E-state index in [2.05, 4.69) is 109 Å². The average molecular weight is 751 g/mol. The second-order valence-corrected chi connectivity index (χ2v) is 15.8. The van der Waals surface area contributed by atoms with E-state index in [9.17, 15) is 0 Å². The monoisotopic (exact) mass is 750 g/mol. The number of ether oxygens (including phenoxy) is 1. The molecule has 10 aromatic rings. The van der Waals surface area contributed by atoms with E-state index in [1.165, 1.54) is 16.7 Å². The Kier molecular flexibility index (Phi) is 6.70. The van der Waals surface area contributed by atoms with Crippen molar-refractivity contribution in [3.63, 3.8) is 0 Å². The first-order chi connectivity index (χ1) is 28.7. The molecule has 0 saturated carbocycles. The third kappa shape index (κ3) is 4.78. The number of benzene rings is 6. The summed E-state index contributed by atoms with van der Waals surface area (Å²) >= 11 is 0. The SMILES string of the molecule is C1=C(c2ccc3oc4ccccc4c3c2)CCC2Oc3cccc(-c4nc(-c5ccccc5)c5oc6c(c5n4)=CCC(c4ccc5c(c4)oc4ccccc45)C=6)c3C12. The van der Waals surface area contributed by atoms with Crippen molar-refractivity contribution >= 4 is 72.7 Å². The van der Waals surface area contributed by atoms with E-state index in [0.29, 0.717) is 11.4 Å². The van der Waals surface area contributed by atoms with Gasteiger partial charge in [0.2, 0.25) is 0 Å². The van der Waals surface area contributed by atoms with E-state index in [1.807, 2.05) is 42.5 Å². The number of hydrogen-bond acceptors (Lipinski definition) is 6. The second kappa shape index (κ2) is 12.2. The zero-order chi connectivity index (χ0) is 37.9. The molecule has 0 fully saturated rings. The van der Waals surface area contributed by atoms with Crippen LogP contribution < -0.4 is 15.4 Å². The van der Waals surface area contributed by atoms with Gasteiger partial charge in [-0.1, -0.05) is 109 Å². The van der Waals surface area contributed by atoms with Crippen molar-refractivity contribution in [2.45, 2.75) is 37.2 Å². The molecule has 5 heterocycles. The Morgan fingerprint density at radius 1 is 0.586 bits per heavy atom. The van der Waals surface area contributed by atoms with Crippen LogP contribution in [0.2, 0.25) is 0 Å². The maximum Gasteiger partial charge on any atom is 0.180 e. The highest BCUT2D eigenvalue weighted by Gasteiger charge is 2.38. The molecule has 3 unspecified atom stereocenters. The highest BCUT2D eigenvalue weighted by molar-refractivity contribution is 6.06. The smallest absolute Gasteiger partial charge is 0.180 e. The molecular formula is C52H34N2O4. The Morgan fingerprint density at radius 3 is 2.24 bits per heavy atom. The number of rotatable bonds is 4. The van der Waals surface area contributed by atoms with Crippen LogP contribution in [-0.2, 0) is 0 Å². The molecule has 0 spiro atoms. The molecule has 6 nitrogen and oxygen atoms in total. The molecule has 3 atom stereocenters. The predicted octanol–water partition coefficient (Wildman–Crippen LogP) is 11.8. The summed E-state index contributed by atoms with van der Waals surface area (Å²) in [7, 11) is 0. The lowest BCUT2D eigenvalue weighted by Gasteiger charge is -2.24. The molecule has 58 heavy (non-hydrogen) atoms. The minimum Gasteiger partial charge on any atom is -0.489 e. The van der Waals surface area contributed by atoms with Crippen molar-refractivity contribution in [3.8, 4) is 28.4 Å².